The van der Waals surface area contributed by atoms with Gasteiger partial charge in [-0.2, -0.15) is 0 Å². The molecular formula is C18H26ClFN2O. The van der Waals surface area contributed by atoms with Gasteiger partial charge in [0.25, 0.3) is 0 Å². The molecule has 5 heteroatoms. The van der Waals surface area contributed by atoms with Crippen molar-refractivity contribution in [2.75, 3.05) is 13.1 Å². The van der Waals surface area contributed by atoms with Crippen molar-refractivity contribution >= 4 is 18.3 Å². The zero-order chi connectivity index (χ0) is 15.5. The largest absolute Gasteiger partial charge is 0.339 e. The minimum atomic E-state index is -0.208. The normalized spacial score (nSPS) is 27.0. The molecule has 1 aromatic carbocycles. The van der Waals surface area contributed by atoms with Gasteiger partial charge in [-0.15, -0.1) is 12.4 Å². The molecule has 1 aliphatic heterocycles. The van der Waals surface area contributed by atoms with E-state index in [0.29, 0.717) is 18.4 Å². The Balaban J connectivity index is 0.00000192. The highest BCUT2D eigenvalue weighted by molar-refractivity contribution is 5.85. The molecule has 1 heterocycles. The second kappa shape index (κ2) is 8.11. The van der Waals surface area contributed by atoms with Gasteiger partial charge in [0.05, 0.1) is 0 Å². The van der Waals surface area contributed by atoms with Crippen molar-refractivity contribution in [1.29, 1.82) is 0 Å². The van der Waals surface area contributed by atoms with Crippen LogP contribution in [-0.2, 0) is 11.2 Å². The number of hydrogen-bond acceptors (Lipinski definition) is 2. The van der Waals surface area contributed by atoms with Crippen LogP contribution in [0.3, 0.4) is 0 Å². The third-order valence-electron chi connectivity index (χ3n) is 5.32. The molecule has 3 nitrogen and oxygen atoms in total. The fourth-order valence-corrected chi connectivity index (χ4v) is 4.09. The van der Waals surface area contributed by atoms with Crippen molar-refractivity contribution in [3.63, 3.8) is 0 Å². The molecule has 2 N–H and O–H groups in total. The monoisotopic (exact) mass is 340 g/mol. The summed E-state index contributed by atoms with van der Waals surface area (Å²) >= 11 is 0. The molecule has 3 atom stereocenters. The van der Waals surface area contributed by atoms with Crippen LogP contribution < -0.4 is 5.73 Å². The number of rotatable bonds is 4. The molecule has 128 valence electrons. The number of nitrogens with zero attached hydrogens (tertiary/aromatic N) is 1. The summed E-state index contributed by atoms with van der Waals surface area (Å²) in [7, 11) is 0. The molecule has 0 spiro atoms. The van der Waals surface area contributed by atoms with Gasteiger partial charge in [0.15, 0.2) is 0 Å². The third kappa shape index (κ3) is 4.04. The van der Waals surface area contributed by atoms with Crippen LogP contribution in [0.4, 0.5) is 4.39 Å². The maximum Gasteiger partial charge on any atom is 0.226 e. The van der Waals surface area contributed by atoms with E-state index in [4.69, 9.17) is 5.73 Å². The van der Waals surface area contributed by atoms with Crippen LogP contribution in [0.2, 0.25) is 0 Å². The van der Waals surface area contributed by atoms with E-state index in [2.05, 4.69) is 4.90 Å². The maximum atomic E-state index is 13.0. The molecule has 2 aliphatic rings. The van der Waals surface area contributed by atoms with Crippen LogP contribution in [0.5, 0.6) is 0 Å². The lowest BCUT2D eigenvalue weighted by Crippen LogP contribution is -2.42. The molecule has 1 saturated heterocycles. The Labute approximate surface area is 143 Å². The van der Waals surface area contributed by atoms with Crippen molar-refractivity contribution in [3.8, 4) is 0 Å². The molecule has 1 aliphatic carbocycles. The topological polar surface area (TPSA) is 46.3 Å². The van der Waals surface area contributed by atoms with Gasteiger partial charge in [-0.05, 0) is 62.3 Å². The predicted molar refractivity (Wildman–Crippen MR) is 92.0 cm³/mol. The number of halogens is 2. The fraction of sp³-hybridized carbons (Fsp3) is 0.611. The number of benzene rings is 1. The van der Waals surface area contributed by atoms with E-state index in [9.17, 15) is 9.18 Å². The summed E-state index contributed by atoms with van der Waals surface area (Å²) in [5, 5.41) is 0. The lowest BCUT2D eigenvalue weighted by molar-refractivity contribution is -0.137. The van der Waals surface area contributed by atoms with Crippen molar-refractivity contribution in [2.24, 2.45) is 17.6 Å². The summed E-state index contributed by atoms with van der Waals surface area (Å²) in [5.74, 6) is 0.579. The first kappa shape index (κ1) is 18.2. The Morgan fingerprint density at radius 2 is 1.91 bits per heavy atom. The molecule has 3 rings (SSSR count). The van der Waals surface area contributed by atoms with E-state index in [1.54, 1.807) is 0 Å². The molecule has 1 aromatic rings. The van der Waals surface area contributed by atoms with Gasteiger partial charge in [-0.1, -0.05) is 18.6 Å². The molecule has 23 heavy (non-hydrogen) atoms. The molecule has 1 unspecified atom stereocenters. The Kier molecular flexibility index (Phi) is 6.42. The van der Waals surface area contributed by atoms with Crippen molar-refractivity contribution in [3.05, 3.63) is 35.6 Å². The average Bonchev–Trinajstić information content (AvgIpc) is 3.17. The number of hydrogen-bond donors (Lipinski definition) is 1. The van der Waals surface area contributed by atoms with Gasteiger partial charge >= 0.3 is 0 Å². The summed E-state index contributed by atoms with van der Waals surface area (Å²) in [6.07, 6.45) is 6.13. The Bertz CT molecular complexity index is 522. The zero-order valence-corrected chi connectivity index (χ0v) is 14.2. The number of likely N-dealkylation sites (tertiary alicyclic amines) is 1. The minimum absolute atomic E-state index is 0. The van der Waals surface area contributed by atoms with Crippen LogP contribution in [-0.4, -0.2) is 29.9 Å². The zero-order valence-electron chi connectivity index (χ0n) is 13.4. The van der Waals surface area contributed by atoms with E-state index in [1.807, 2.05) is 12.1 Å². The van der Waals surface area contributed by atoms with Crippen LogP contribution in [0.15, 0.2) is 24.3 Å². The molecule has 1 amide bonds. The first-order valence-electron chi connectivity index (χ1n) is 8.44. The highest BCUT2D eigenvalue weighted by atomic mass is 35.5. The fourth-order valence-electron chi connectivity index (χ4n) is 4.09. The summed E-state index contributed by atoms with van der Waals surface area (Å²) in [5.41, 5.74) is 6.93. The predicted octanol–water partition coefficient (Wildman–Crippen LogP) is 3.16. The summed E-state index contributed by atoms with van der Waals surface area (Å²) in [4.78, 5) is 15.0. The molecular weight excluding hydrogens is 315 g/mol. The first-order valence-corrected chi connectivity index (χ1v) is 8.44. The van der Waals surface area contributed by atoms with Gasteiger partial charge < -0.3 is 10.6 Å². The van der Waals surface area contributed by atoms with Crippen LogP contribution in [0.1, 0.15) is 37.7 Å². The van der Waals surface area contributed by atoms with Crippen molar-refractivity contribution < 1.29 is 9.18 Å². The Hall–Kier alpha value is -1.13. The van der Waals surface area contributed by atoms with Crippen LogP contribution >= 0.6 is 12.4 Å². The summed E-state index contributed by atoms with van der Waals surface area (Å²) < 4.78 is 13.0. The molecule has 1 saturated carbocycles. The van der Waals surface area contributed by atoms with Gasteiger partial charge in [0.1, 0.15) is 5.82 Å². The van der Waals surface area contributed by atoms with Gasteiger partial charge in [0, 0.05) is 18.5 Å². The first-order chi connectivity index (χ1) is 10.7. The van der Waals surface area contributed by atoms with Crippen LogP contribution in [0.25, 0.3) is 0 Å². The van der Waals surface area contributed by atoms with E-state index < -0.39 is 0 Å². The number of nitrogens with two attached hydrogens (primary N) is 1. The minimum Gasteiger partial charge on any atom is -0.339 e. The molecule has 0 bridgehead atoms. The van der Waals surface area contributed by atoms with Crippen molar-refractivity contribution in [2.45, 2.75) is 44.6 Å². The SMILES string of the molecule is Cl.NC[C@H]1CCC[C@H]1C(=O)N1CCCC1Cc1ccc(F)cc1. The van der Waals surface area contributed by atoms with E-state index in [0.717, 1.165) is 50.6 Å². The summed E-state index contributed by atoms with van der Waals surface area (Å²) in [6, 6.07) is 6.91. The summed E-state index contributed by atoms with van der Waals surface area (Å²) in [6.45, 7) is 1.48. The smallest absolute Gasteiger partial charge is 0.226 e. The molecule has 2 fully saturated rings. The number of amides is 1. The van der Waals surface area contributed by atoms with Gasteiger partial charge in [-0.3, -0.25) is 4.79 Å². The molecule has 0 aromatic heterocycles. The lowest BCUT2D eigenvalue weighted by Gasteiger charge is -2.29. The third-order valence-corrected chi connectivity index (χ3v) is 5.32. The maximum absolute atomic E-state index is 13.0. The number of carbonyl (C=O) groups excluding carboxylic acids is 1. The second-order valence-electron chi connectivity index (χ2n) is 6.69. The lowest BCUT2D eigenvalue weighted by atomic mass is 9.94. The average molecular weight is 341 g/mol. The second-order valence-corrected chi connectivity index (χ2v) is 6.69. The highest BCUT2D eigenvalue weighted by Gasteiger charge is 2.38. The van der Waals surface area contributed by atoms with Gasteiger partial charge in [0.2, 0.25) is 5.91 Å². The van der Waals surface area contributed by atoms with Crippen LogP contribution in [0, 0.1) is 17.7 Å². The molecule has 0 radical (unpaired) electrons. The van der Waals surface area contributed by atoms with E-state index >= 15 is 0 Å². The standard InChI is InChI=1S/C18H25FN2O.ClH/c19-15-8-6-13(7-9-15)11-16-4-2-10-21(16)18(22)17-5-1-3-14(17)12-20;/h6-9,14,16-17H,1-5,10-12,20H2;1H/t14-,16?,17-;/m1./s1. The van der Waals surface area contributed by atoms with E-state index in [-0.39, 0.29) is 30.2 Å². The van der Waals surface area contributed by atoms with E-state index in [1.165, 1.54) is 12.1 Å². The Morgan fingerprint density at radius 3 is 2.61 bits per heavy atom. The van der Waals surface area contributed by atoms with Crippen molar-refractivity contribution in [1.82, 2.24) is 4.90 Å². The number of carbonyl (C=O) groups is 1. The highest BCUT2D eigenvalue weighted by Crippen LogP contribution is 2.34. The Morgan fingerprint density at radius 1 is 1.17 bits per heavy atom. The van der Waals surface area contributed by atoms with Gasteiger partial charge in [-0.25, -0.2) is 4.39 Å². The quantitative estimate of drug-likeness (QED) is 0.915.